The molecular weight excluding hydrogens is 1610 g/mol. The summed E-state index contributed by atoms with van der Waals surface area (Å²) in [6.07, 6.45) is 8.36. The van der Waals surface area contributed by atoms with E-state index < -0.39 is 56.4 Å². The number of H-pyrrole nitrogens is 2. The Hall–Kier alpha value is -16.3. The largest absolute Gasteiger partial charge is 0.490 e. The fraction of sp³-hybridized carbons (Fsp3) is 0.103. The van der Waals surface area contributed by atoms with Crippen LogP contribution in [0, 0.1) is 10.8 Å². The van der Waals surface area contributed by atoms with Crippen LogP contribution >= 0.6 is 0 Å². The zero-order chi connectivity index (χ0) is 82.3. The van der Waals surface area contributed by atoms with Gasteiger partial charge in [-0.1, -0.05) is 84.9 Å². The number of esters is 4. The Morgan fingerprint density at radius 3 is 0.762 bits per heavy atom. The van der Waals surface area contributed by atoms with Crippen molar-refractivity contribution in [3.05, 3.63) is 201 Å². The Morgan fingerprint density at radius 2 is 0.485 bits per heavy atom. The van der Waals surface area contributed by atoms with E-state index >= 15 is 19.2 Å². The number of aromatic amines is 2. The van der Waals surface area contributed by atoms with E-state index in [4.69, 9.17) is 38.4 Å². The lowest BCUT2D eigenvalue weighted by molar-refractivity contribution is -0.226. The van der Waals surface area contributed by atoms with Gasteiger partial charge in [0.15, 0.2) is 10.8 Å². The van der Waals surface area contributed by atoms with Gasteiger partial charge in [-0.25, -0.2) is 9.97 Å². The fourth-order valence-corrected chi connectivity index (χ4v) is 36.8. The van der Waals surface area contributed by atoms with Gasteiger partial charge in [0.25, 0.3) is 0 Å². The molecule has 6 heterocycles. The van der Waals surface area contributed by atoms with Crippen molar-refractivity contribution in [1.29, 1.82) is 0 Å². The summed E-state index contributed by atoms with van der Waals surface area (Å²) in [4.78, 5) is 97.4. The topological polar surface area (TPSA) is 181 Å². The number of cyclic esters (lactones) is 2. The minimum atomic E-state index is -2.57. The van der Waals surface area contributed by atoms with Crippen LogP contribution < -0.4 is 9.47 Å². The first-order valence-electron chi connectivity index (χ1n) is 45.5. The van der Waals surface area contributed by atoms with Crippen molar-refractivity contribution in [2.45, 2.75) is 21.7 Å². The maximum absolute atomic E-state index is 19.9. The molecule has 1 fully saturated rings. The van der Waals surface area contributed by atoms with Gasteiger partial charge in [0.1, 0.15) is 37.9 Å². The SMILES string of the molecule is COC(=O)C12C(=O)OCCOc3cccc(c3)-c3c4nc(c(c5ccc([nH]5)c(-c5ccccc5)c5nc(c(-c6ccccc6)c6ccc3[nH]6)C=C5)-c3cccc(c3)OCCOC(=O)C3(C(=O)OC)C56c7c8c9c%10c%11c%12c%13c%14c%15c%16c%17c(c-8c8c%18c%19c(c%20c%21c5c5c7c%10c7c%11c%10c%13c%11c%13c%14c%14c%16c(c%17%18)c%16c%19c%17c%20c%18c%21c%19c5c7c5c%10c%11c7c(c%195)c%18c5c%17c%16c%14c%13c57)C816)C92C%15%123)C=C4. The van der Waals surface area contributed by atoms with Crippen molar-refractivity contribution in [1.82, 2.24) is 19.9 Å². The lowest BCUT2D eigenvalue weighted by Crippen LogP contribution is -2.91. The summed E-state index contributed by atoms with van der Waals surface area (Å²) in [5.74, 6) is -2.01. The Bertz CT molecular complexity index is 11500. The number of hydrogen-bond acceptors (Lipinski definition) is 12. The molecule has 6 unspecified atom stereocenters. The van der Waals surface area contributed by atoms with Crippen LogP contribution in [0.25, 0.3) is 350 Å². The summed E-state index contributed by atoms with van der Waals surface area (Å²) in [5.41, 5.74) is 8.71. The Morgan fingerprint density at radius 1 is 0.262 bits per heavy atom. The maximum Gasteiger partial charge on any atom is 0.326 e. The van der Waals surface area contributed by atoms with Crippen molar-refractivity contribution >= 4 is 318 Å². The van der Waals surface area contributed by atoms with Gasteiger partial charge in [-0.05, 0) is 398 Å². The molecule has 1 saturated carbocycles. The van der Waals surface area contributed by atoms with Crippen molar-refractivity contribution in [2.24, 2.45) is 10.8 Å². The van der Waals surface area contributed by atoms with Crippen LogP contribution in [0.2, 0.25) is 0 Å². The Balaban J connectivity index is 0.644. The minimum absolute atomic E-state index is 0.142. The van der Waals surface area contributed by atoms with E-state index in [1.807, 2.05) is 48.5 Å². The molecule has 44 rings (SSSR count). The van der Waals surface area contributed by atoms with Gasteiger partial charge in [-0.3, -0.25) is 19.2 Å². The fourth-order valence-electron chi connectivity index (χ4n) is 36.8. The number of fused-ring (bicyclic) bond motifs is 14. The second-order valence-corrected chi connectivity index (χ2v) is 40.7. The van der Waals surface area contributed by atoms with Gasteiger partial charge in [0, 0.05) is 44.3 Å². The van der Waals surface area contributed by atoms with Gasteiger partial charge in [0.05, 0.1) is 58.7 Å². The number of nitrogens with zero attached hydrogens (tertiary/aromatic N) is 2. The molecule has 14 nitrogen and oxygen atoms in total. The Kier molecular flexibility index (Phi) is 7.46. The predicted molar refractivity (Wildman–Crippen MR) is 509 cm³/mol. The third kappa shape index (κ3) is 4.25. The van der Waals surface area contributed by atoms with Crippen molar-refractivity contribution in [3.8, 4) is 67.1 Å². The molecule has 3 aromatic heterocycles. The molecule has 28 aromatic carbocycles. The van der Waals surface area contributed by atoms with Crippen LogP contribution in [0.3, 0.4) is 0 Å². The monoisotopic (exact) mass is 1650 g/mol. The minimum Gasteiger partial charge on any atom is -0.490 e. The molecule has 10 aliphatic carbocycles. The zero-order valence-corrected chi connectivity index (χ0v) is 67.8. The van der Waals surface area contributed by atoms with E-state index in [1.165, 1.54) is 149 Å². The summed E-state index contributed by atoms with van der Waals surface area (Å²) >= 11 is 0. The number of carbonyl (C=O) groups excluding carboxylic acids is 4. The van der Waals surface area contributed by atoms with E-state index in [9.17, 15) is 0 Å². The first-order valence-corrected chi connectivity index (χ1v) is 45.5. The highest BCUT2D eigenvalue weighted by molar-refractivity contribution is 6.79. The third-order valence-electron chi connectivity index (χ3n) is 38.3. The summed E-state index contributed by atoms with van der Waals surface area (Å²) in [7, 11) is 2.97. The molecule has 2 N–H and O–H groups in total. The summed E-state index contributed by atoms with van der Waals surface area (Å²) in [5, 5.41) is 55.2. The average molecular weight is 1650 g/mol. The van der Waals surface area contributed by atoms with E-state index in [2.05, 4.69) is 119 Å². The molecule has 21 bridgehead atoms. The maximum atomic E-state index is 19.9. The van der Waals surface area contributed by atoms with Gasteiger partial charge < -0.3 is 38.4 Å². The third-order valence-corrected chi connectivity index (χ3v) is 38.3. The molecule has 0 amide bonds. The molecule has 3 aliphatic heterocycles. The highest BCUT2D eigenvalue weighted by atomic mass is 16.6. The number of nitrogens with one attached hydrogen (secondary N) is 2. The number of methoxy groups -OCH3 is 2. The normalized spacial score (nSPS) is 23.5. The summed E-state index contributed by atoms with van der Waals surface area (Å²) in [6.45, 7) is -0.920. The molecule has 13 aliphatic rings. The lowest BCUT2D eigenvalue weighted by atomic mass is 9.17. The number of hydrogen-bond donors (Lipinski definition) is 2. The smallest absolute Gasteiger partial charge is 0.326 e. The number of benzene rings is 20. The molecule has 0 saturated heterocycles. The van der Waals surface area contributed by atoms with Crippen molar-refractivity contribution in [3.63, 3.8) is 0 Å². The first-order chi connectivity index (χ1) is 64.2. The Labute approximate surface area is 721 Å². The van der Waals surface area contributed by atoms with Crippen LogP contribution in [-0.4, -0.2) is 84.5 Å². The van der Waals surface area contributed by atoms with Crippen molar-refractivity contribution < 1.29 is 47.6 Å². The van der Waals surface area contributed by atoms with Crippen LogP contribution in [0.4, 0.5) is 0 Å². The van der Waals surface area contributed by atoms with Crippen LogP contribution in [-0.2, 0) is 59.8 Å². The van der Waals surface area contributed by atoms with Crippen LogP contribution in [0.5, 0.6) is 11.5 Å². The predicted octanol–water partition coefficient (Wildman–Crippen LogP) is 24.4. The van der Waals surface area contributed by atoms with Crippen LogP contribution in [0.1, 0.15) is 67.3 Å². The number of ether oxygens (including phenoxy) is 6. The molecular formula is C116H42N4O10. The summed E-state index contributed by atoms with van der Waals surface area (Å²) < 4.78 is 44.4. The highest BCUT2D eigenvalue weighted by Crippen LogP contribution is 3.03. The highest BCUT2D eigenvalue weighted by Gasteiger charge is 3.06. The molecule has 31 aromatic rings. The zero-order valence-electron chi connectivity index (χ0n) is 67.8. The van der Waals surface area contributed by atoms with E-state index in [-0.39, 0.29) is 26.4 Å². The summed E-state index contributed by atoms with van der Waals surface area (Å²) in [6, 6.07) is 45.5. The second kappa shape index (κ2) is 16.3. The van der Waals surface area contributed by atoms with E-state index in [0.29, 0.717) is 22.9 Å². The molecule has 6 atom stereocenters. The molecule has 0 radical (unpaired) electrons. The van der Waals surface area contributed by atoms with Gasteiger partial charge in [0.2, 0.25) is 0 Å². The quantitative estimate of drug-likeness (QED) is 0.0738. The van der Waals surface area contributed by atoms with E-state index in [1.54, 1.807) is 0 Å². The van der Waals surface area contributed by atoms with Gasteiger partial charge >= 0.3 is 23.9 Å². The van der Waals surface area contributed by atoms with Crippen molar-refractivity contribution in [2.75, 3.05) is 40.6 Å². The number of aromatic nitrogens is 4. The second-order valence-electron chi connectivity index (χ2n) is 40.7. The number of rotatable bonds is 4. The molecule has 4 spiro atoms. The molecule has 14 heteroatoms. The lowest BCUT2D eigenvalue weighted by Gasteiger charge is -2.79. The van der Waals surface area contributed by atoms with Crippen LogP contribution in [0.15, 0.2) is 133 Å². The van der Waals surface area contributed by atoms with Gasteiger partial charge in [-0.2, -0.15) is 0 Å². The molecule has 586 valence electrons. The number of carbonyl (C=O) groups is 4. The average Bonchev–Trinajstić information content (AvgIpc) is 1.34. The van der Waals surface area contributed by atoms with E-state index in [0.717, 1.165) is 247 Å². The molecule has 130 heavy (non-hydrogen) atoms. The first kappa shape index (κ1) is 59.6. The standard InChI is InChI=1S/C116H42N4O10/c1-125-107(121)115-109(123)129-29-27-127-37-17-9-15-35(31-37)49-43-23-21-41(118-43)47(33-11-5-3-6-12-33)39-19-20-40(117-39)48(34-13-7-4-8-14-34)42-22-24-44(119-42)50(46-26-25-45(49)120-46)36-16-10-18-38(32-36)128-28-30-130-110(124)116(108(122)126-2)113-102-88-80-69-61-54-52-51-53-59(54)72(80)79-68-60(53)57-62-55(51)64-65-56(52)63-58(61)67-74-82-71(63)76(65)86-85-75(64)70(62)81-73-66(57)77(68)89-93-83(73)95-91(81)99(85)111(115)100(86)92(82)96-84(74)94(90(102)78(67)69)104(113)98-97(105(95)114(111,116)106(96)98)103(93)112(113,115)101(89)87(79)88/h3-26,31-32,118-119H,27-30H2,1-2H3. The van der Waals surface area contributed by atoms with Gasteiger partial charge in [-0.15, -0.1) is 0 Å².